The van der Waals surface area contributed by atoms with Crippen molar-refractivity contribution in [3.05, 3.63) is 27.6 Å². The van der Waals surface area contributed by atoms with Crippen LogP contribution in [-0.4, -0.2) is 46.4 Å². The lowest BCUT2D eigenvalue weighted by molar-refractivity contribution is -0.484. The highest BCUT2D eigenvalue weighted by Gasteiger charge is 2.44. The van der Waals surface area contributed by atoms with E-state index in [0.717, 1.165) is 7.05 Å². The number of rotatable bonds is 8. The van der Waals surface area contributed by atoms with Crippen LogP contribution in [0.2, 0.25) is 0 Å². The number of ether oxygens (including phenoxy) is 2. The first-order chi connectivity index (χ1) is 12.0. The number of nitro groups is 1. The molecule has 0 bridgehead atoms. The van der Waals surface area contributed by atoms with Crippen LogP contribution in [0, 0.1) is 16.0 Å². The summed E-state index contributed by atoms with van der Waals surface area (Å²) in [5, 5.41) is 14.6. The molecular weight excluding hydrogens is 363 g/mol. The standard InChI is InChI=1S/C14H18F3N3O6/c1-4-25-12(21)11(13(22)26-5-2)8(7-20(23)24)9-6-10(14(15,16)17)19(3)18-9/h6,8,11H,4-5,7H2,1-3H3/t8-/m1/s1. The first-order valence-corrected chi connectivity index (χ1v) is 7.59. The molecule has 0 amide bonds. The van der Waals surface area contributed by atoms with E-state index in [2.05, 4.69) is 5.10 Å². The Kier molecular flexibility index (Phi) is 7.10. The summed E-state index contributed by atoms with van der Waals surface area (Å²) in [4.78, 5) is 34.4. The van der Waals surface area contributed by atoms with E-state index in [1.165, 1.54) is 13.8 Å². The van der Waals surface area contributed by atoms with E-state index >= 15 is 0 Å². The Hall–Kier alpha value is -2.66. The molecule has 0 aromatic carbocycles. The lowest BCUT2D eigenvalue weighted by atomic mass is 9.89. The summed E-state index contributed by atoms with van der Waals surface area (Å²) in [7, 11) is 0.999. The van der Waals surface area contributed by atoms with E-state index in [0.29, 0.717) is 10.7 Å². The molecule has 146 valence electrons. The van der Waals surface area contributed by atoms with Crippen LogP contribution in [0.1, 0.15) is 31.2 Å². The smallest absolute Gasteiger partial charge is 0.433 e. The Morgan fingerprint density at radius 3 is 2.12 bits per heavy atom. The molecule has 0 N–H and O–H groups in total. The summed E-state index contributed by atoms with van der Waals surface area (Å²) < 4.78 is 48.9. The molecule has 0 aliphatic carbocycles. The van der Waals surface area contributed by atoms with Crippen molar-refractivity contribution < 1.29 is 37.2 Å². The van der Waals surface area contributed by atoms with Gasteiger partial charge < -0.3 is 9.47 Å². The maximum absolute atomic E-state index is 13.0. The van der Waals surface area contributed by atoms with E-state index in [1.54, 1.807) is 0 Å². The van der Waals surface area contributed by atoms with Crippen molar-refractivity contribution in [3.63, 3.8) is 0 Å². The Labute approximate surface area is 146 Å². The third-order valence-electron chi connectivity index (χ3n) is 3.40. The molecule has 1 atom stereocenters. The summed E-state index contributed by atoms with van der Waals surface area (Å²) in [5.41, 5.74) is -1.60. The second kappa shape index (κ2) is 8.63. The van der Waals surface area contributed by atoms with Crippen molar-refractivity contribution in [2.45, 2.75) is 25.9 Å². The van der Waals surface area contributed by atoms with E-state index in [9.17, 15) is 32.9 Å². The van der Waals surface area contributed by atoms with Gasteiger partial charge in [-0.2, -0.15) is 18.3 Å². The SMILES string of the molecule is CCOC(=O)C(C(=O)OCC)[C@H](C[N+](=O)[O-])c1cc(C(F)(F)F)n(C)n1. The van der Waals surface area contributed by atoms with Gasteiger partial charge in [-0.15, -0.1) is 0 Å². The monoisotopic (exact) mass is 381 g/mol. The fourth-order valence-corrected chi connectivity index (χ4v) is 2.36. The molecule has 1 aromatic rings. The summed E-state index contributed by atoms with van der Waals surface area (Å²) in [6.45, 7) is 1.64. The van der Waals surface area contributed by atoms with Crippen LogP contribution < -0.4 is 0 Å². The molecule has 1 aromatic heterocycles. The first kappa shape index (κ1) is 21.4. The van der Waals surface area contributed by atoms with Gasteiger partial charge in [-0.25, -0.2) is 0 Å². The van der Waals surface area contributed by atoms with Gasteiger partial charge in [0.25, 0.3) is 0 Å². The fraction of sp³-hybridized carbons (Fsp3) is 0.643. The molecule has 0 saturated carbocycles. The maximum Gasteiger partial charge on any atom is 0.433 e. The number of nitrogens with zero attached hydrogens (tertiary/aromatic N) is 3. The van der Waals surface area contributed by atoms with Crippen molar-refractivity contribution in [1.82, 2.24) is 9.78 Å². The van der Waals surface area contributed by atoms with Crippen molar-refractivity contribution in [2.24, 2.45) is 13.0 Å². The normalized spacial score (nSPS) is 12.7. The zero-order valence-electron chi connectivity index (χ0n) is 14.3. The molecule has 1 heterocycles. The topological polar surface area (TPSA) is 114 Å². The van der Waals surface area contributed by atoms with Gasteiger partial charge in [0.15, 0.2) is 5.92 Å². The molecule has 0 aliphatic heterocycles. The zero-order valence-corrected chi connectivity index (χ0v) is 14.3. The summed E-state index contributed by atoms with van der Waals surface area (Å²) in [6, 6.07) is 0.569. The van der Waals surface area contributed by atoms with Gasteiger partial charge in [0, 0.05) is 12.0 Å². The third-order valence-corrected chi connectivity index (χ3v) is 3.40. The third kappa shape index (κ3) is 5.17. The highest BCUT2D eigenvalue weighted by Crippen LogP contribution is 2.33. The van der Waals surface area contributed by atoms with E-state index in [-0.39, 0.29) is 13.2 Å². The molecule has 0 unspecified atom stereocenters. The minimum atomic E-state index is -4.76. The molecule has 0 spiro atoms. The van der Waals surface area contributed by atoms with Gasteiger partial charge >= 0.3 is 18.1 Å². The van der Waals surface area contributed by atoms with Crippen molar-refractivity contribution in [1.29, 1.82) is 0 Å². The summed E-state index contributed by atoms with van der Waals surface area (Å²) in [6.07, 6.45) is -4.76. The van der Waals surface area contributed by atoms with Crippen molar-refractivity contribution >= 4 is 11.9 Å². The number of hydrogen-bond acceptors (Lipinski definition) is 7. The Bertz CT molecular complexity index is 655. The lowest BCUT2D eigenvalue weighted by Gasteiger charge is -2.19. The first-order valence-electron chi connectivity index (χ1n) is 7.59. The van der Waals surface area contributed by atoms with Gasteiger partial charge in [0.2, 0.25) is 6.54 Å². The van der Waals surface area contributed by atoms with Gasteiger partial charge in [0.05, 0.1) is 24.8 Å². The van der Waals surface area contributed by atoms with Crippen LogP contribution in [-0.2, 0) is 32.3 Å². The number of halogens is 3. The van der Waals surface area contributed by atoms with Gasteiger partial charge in [-0.1, -0.05) is 0 Å². The van der Waals surface area contributed by atoms with E-state index in [1.807, 2.05) is 0 Å². The Balaban J connectivity index is 3.42. The second-order valence-electron chi connectivity index (χ2n) is 5.18. The Morgan fingerprint density at radius 2 is 1.77 bits per heavy atom. The average molecular weight is 381 g/mol. The maximum atomic E-state index is 13.0. The minimum absolute atomic E-state index is 0.129. The number of aryl methyl sites for hydroxylation is 1. The summed E-state index contributed by atoms with van der Waals surface area (Å²) >= 11 is 0. The molecule has 0 fully saturated rings. The minimum Gasteiger partial charge on any atom is -0.465 e. The van der Waals surface area contributed by atoms with E-state index in [4.69, 9.17) is 9.47 Å². The highest BCUT2D eigenvalue weighted by atomic mass is 19.4. The van der Waals surface area contributed by atoms with Gasteiger partial charge in [-0.05, 0) is 19.9 Å². The molecule has 12 heteroatoms. The van der Waals surface area contributed by atoms with Crippen LogP contribution in [0.3, 0.4) is 0 Å². The quantitative estimate of drug-likeness (QED) is 0.290. The lowest BCUT2D eigenvalue weighted by Crippen LogP contribution is -2.36. The molecule has 0 radical (unpaired) electrons. The highest BCUT2D eigenvalue weighted by molar-refractivity contribution is 5.96. The number of aromatic nitrogens is 2. The molecule has 0 saturated heterocycles. The number of esters is 2. The largest absolute Gasteiger partial charge is 0.465 e. The van der Waals surface area contributed by atoms with Gasteiger partial charge in [0.1, 0.15) is 5.69 Å². The number of carbonyl (C=O) groups is 2. The number of hydrogen-bond donors (Lipinski definition) is 0. The molecular formula is C14H18F3N3O6. The molecule has 1 rings (SSSR count). The molecule has 9 nitrogen and oxygen atoms in total. The number of carbonyl (C=O) groups excluding carboxylic acids is 2. The van der Waals surface area contributed by atoms with Gasteiger partial charge in [-0.3, -0.25) is 24.4 Å². The van der Waals surface area contributed by atoms with Crippen molar-refractivity contribution in [3.8, 4) is 0 Å². The second-order valence-corrected chi connectivity index (χ2v) is 5.18. The molecule has 26 heavy (non-hydrogen) atoms. The van der Waals surface area contributed by atoms with Crippen LogP contribution >= 0.6 is 0 Å². The van der Waals surface area contributed by atoms with Crippen LogP contribution in [0.15, 0.2) is 6.07 Å². The predicted molar refractivity (Wildman–Crippen MR) is 79.6 cm³/mol. The number of alkyl halides is 3. The van der Waals surface area contributed by atoms with Crippen LogP contribution in [0.25, 0.3) is 0 Å². The van der Waals surface area contributed by atoms with E-state index < -0.39 is 52.8 Å². The molecule has 0 aliphatic rings. The Morgan fingerprint density at radius 1 is 1.27 bits per heavy atom. The van der Waals surface area contributed by atoms with Crippen molar-refractivity contribution in [2.75, 3.05) is 19.8 Å². The van der Waals surface area contributed by atoms with Crippen LogP contribution in [0.4, 0.5) is 13.2 Å². The van der Waals surface area contributed by atoms with Crippen LogP contribution in [0.5, 0.6) is 0 Å². The summed E-state index contributed by atoms with van der Waals surface area (Å²) in [5.74, 6) is -5.64. The predicted octanol–water partition coefficient (Wildman–Crippen LogP) is 1.54. The zero-order chi connectivity index (χ0) is 20.1. The fourth-order valence-electron chi connectivity index (χ4n) is 2.36. The average Bonchev–Trinajstić information content (AvgIpc) is 2.88.